The lowest BCUT2D eigenvalue weighted by Crippen LogP contribution is -2.22. The summed E-state index contributed by atoms with van der Waals surface area (Å²) < 4.78 is 8.47. The maximum atomic E-state index is 12.6. The Bertz CT molecular complexity index is 893. The van der Waals surface area contributed by atoms with E-state index in [-0.39, 0.29) is 12.2 Å². The normalized spacial score (nSPS) is 11.5. The molecule has 0 aliphatic heterocycles. The number of nitrogens with zero attached hydrogens (tertiary/aromatic N) is 5. The summed E-state index contributed by atoms with van der Waals surface area (Å²) in [7, 11) is 0. The van der Waals surface area contributed by atoms with Crippen molar-refractivity contribution >= 4 is 11.0 Å². The molecule has 0 aliphatic carbocycles. The van der Waals surface area contributed by atoms with Gasteiger partial charge in [-0.25, -0.2) is 9.67 Å². The van der Waals surface area contributed by atoms with Crippen molar-refractivity contribution in [1.82, 2.24) is 24.5 Å². The molecule has 0 radical (unpaired) electrons. The molecule has 24 heavy (non-hydrogen) atoms. The molecule has 0 bridgehead atoms. The second-order valence-electron chi connectivity index (χ2n) is 5.64. The third-order valence-electron chi connectivity index (χ3n) is 4.04. The lowest BCUT2D eigenvalue weighted by molar-refractivity contribution is 0.271. The molecule has 3 aromatic rings. The number of hydrogen-bond donors (Lipinski definition) is 1. The average molecular weight is 331 g/mol. The molecule has 0 saturated heterocycles. The van der Waals surface area contributed by atoms with Gasteiger partial charge >= 0.3 is 0 Å². The summed E-state index contributed by atoms with van der Waals surface area (Å²) in [5.41, 5.74) is 2.14. The number of aliphatic hydroxyl groups excluding tert-OH is 1. The Labute approximate surface area is 138 Å². The van der Waals surface area contributed by atoms with Crippen molar-refractivity contribution in [3.05, 3.63) is 39.9 Å². The summed E-state index contributed by atoms with van der Waals surface area (Å²) in [5.74, 6) is 0.896. The van der Waals surface area contributed by atoms with Crippen molar-refractivity contribution in [3.8, 4) is 0 Å². The summed E-state index contributed by atoms with van der Waals surface area (Å²) in [6.07, 6.45) is 5.62. The molecule has 3 aromatic heterocycles. The fraction of sp³-hybridized carbons (Fsp3) is 0.500. The Morgan fingerprint density at radius 3 is 2.88 bits per heavy atom. The minimum atomic E-state index is -0.175. The molecule has 0 aliphatic rings. The van der Waals surface area contributed by atoms with E-state index in [1.165, 1.54) is 21.8 Å². The van der Waals surface area contributed by atoms with Crippen LogP contribution in [-0.4, -0.2) is 36.2 Å². The molecule has 0 fully saturated rings. The summed E-state index contributed by atoms with van der Waals surface area (Å²) in [4.78, 5) is 16.9. The van der Waals surface area contributed by atoms with Crippen LogP contribution in [0, 0.1) is 0 Å². The standard InChI is InChI=1S/C16H21N5O3/c1-3-5-14-11(4-2)13(19-24-14)9-20-10-17-15-12(16(20)23)8-18-21(15)6-7-22/h8,10,22H,3-7,9H2,1-2H3. The molecule has 3 rings (SSSR count). The van der Waals surface area contributed by atoms with Gasteiger partial charge in [0.25, 0.3) is 5.56 Å². The second-order valence-corrected chi connectivity index (χ2v) is 5.64. The number of aryl methyl sites for hydroxylation is 1. The van der Waals surface area contributed by atoms with E-state index in [9.17, 15) is 4.79 Å². The summed E-state index contributed by atoms with van der Waals surface area (Å²) in [5, 5.41) is 17.7. The Hall–Kier alpha value is -2.48. The van der Waals surface area contributed by atoms with Gasteiger partial charge in [-0.05, 0) is 12.8 Å². The minimum Gasteiger partial charge on any atom is -0.394 e. The predicted octanol–water partition coefficient (Wildman–Crippen LogP) is 1.14. The molecule has 1 N–H and O–H groups in total. The van der Waals surface area contributed by atoms with Crippen LogP contribution in [0.3, 0.4) is 0 Å². The van der Waals surface area contributed by atoms with E-state index in [1.54, 1.807) is 0 Å². The Balaban J connectivity index is 1.96. The summed E-state index contributed by atoms with van der Waals surface area (Å²) >= 11 is 0. The second kappa shape index (κ2) is 6.96. The van der Waals surface area contributed by atoms with Crippen molar-refractivity contribution < 1.29 is 9.63 Å². The first-order valence-electron chi connectivity index (χ1n) is 8.17. The highest BCUT2D eigenvalue weighted by Gasteiger charge is 2.16. The molecule has 3 heterocycles. The van der Waals surface area contributed by atoms with Gasteiger partial charge in [-0.15, -0.1) is 0 Å². The van der Waals surface area contributed by atoms with Crippen LogP contribution in [0.1, 0.15) is 37.3 Å². The van der Waals surface area contributed by atoms with Gasteiger partial charge in [0, 0.05) is 12.0 Å². The molecule has 0 unspecified atom stereocenters. The van der Waals surface area contributed by atoms with Gasteiger partial charge in [0.05, 0.1) is 25.9 Å². The smallest absolute Gasteiger partial charge is 0.264 e. The SMILES string of the molecule is CCCc1onc(Cn2cnc3c(cnn3CCO)c2=O)c1CC. The van der Waals surface area contributed by atoms with Crippen molar-refractivity contribution in [3.63, 3.8) is 0 Å². The van der Waals surface area contributed by atoms with Crippen LogP contribution in [0.15, 0.2) is 21.8 Å². The van der Waals surface area contributed by atoms with Gasteiger partial charge in [-0.2, -0.15) is 5.10 Å². The quantitative estimate of drug-likeness (QED) is 0.697. The minimum absolute atomic E-state index is 0.0550. The van der Waals surface area contributed by atoms with Crippen LogP contribution in [0.4, 0.5) is 0 Å². The predicted molar refractivity (Wildman–Crippen MR) is 87.9 cm³/mol. The topological polar surface area (TPSA) is 99.0 Å². The van der Waals surface area contributed by atoms with E-state index in [4.69, 9.17) is 9.63 Å². The van der Waals surface area contributed by atoms with E-state index in [0.717, 1.165) is 36.3 Å². The first-order valence-corrected chi connectivity index (χ1v) is 8.17. The van der Waals surface area contributed by atoms with Crippen molar-refractivity contribution in [2.24, 2.45) is 0 Å². The van der Waals surface area contributed by atoms with Gasteiger partial charge in [0.2, 0.25) is 0 Å². The Kier molecular flexibility index (Phi) is 4.75. The zero-order chi connectivity index (χ0) is 17.1. The molecule has 8 heteroatoms. The van der Waals surface area contributed by atoms with Crippen molar-refractivity contribution in [1.29, 1.82) is 0 Å². The lowest BCUT2D eigenvalue weighted by Gasteiger charge is -2.05. The largest absolute Gasteiger partial charge is 0.394 e. The summed E-state index contributed by atoms with van der Waals surface area (Å²) in [6, 6.07) is 0. The molecule has 0 saturated carbocycles. The van der Waals surface area contributed by atoms with E-state index in [1.807, 2.05) is 0 Å². The number of aromatic nitrogens is 5. The molecule has 0 aromatic carbocycles. The van der Waals surface area contributed by atoms with Crippen LogP contribution >= 0.6 is 0 Å². The van der Waals surface area contributed by atoms with E-state index in [0.29, 0.717) is 24.1 Å². The first kappa shape index (κ1) is 16.4. The van der Waals surface area contributed by atoms with Gasteiger partial charge < -0.3 is 9.63 Å². The van der Waals surface area contributed by atoms with Gasteiger partial charge in [-0.1, -0.05) is 19.0 Å². The van der Waals surface area contributed by atoms with Crippen LogP contribution in [0.2, 0.25) is 0 Å². The maximum absolute atomic E-state index is 12.6. The van der Waals surface area contributed by atoms with Gasteiger partial charge in [0.15, 0.2) is 5.65 Å². The fourth-order valence-corrected chi connectivity index (χ4v) is 2.86. The number of hydrogen-bond acceptors (Lipinski definition) is 6. The maximum Gasteiger partial charge on any atom is 0.264 e. The molecular weight excluding hydrogens is 310 g/mol. The molecule has 0 amide bonds. The Morgan fingerprint density at radius 2 is 2.17 bits per heavy atom. The highest BCUT2D eigenvalue weighted by molar-refractivity contribution is 5.72. The average Bonchev–Trinajstić information content (AvgIpc) is 3.15. The third-order valence-corrected chi connectivity index (χ3v) is 4.04. The third kappa shape index (κ3) is 2.84. The molecule has 8 nitrogen and oxygen atoms in total. The van der Waals surface area contributed by atoms with Crippen LogP contribution in [-0.2, 0) is 25.9 Å². The highest BCUT2D eigenvalue weighted by Crippen LogP contribution is 2.17. The first-order chi connectivity index (χ1) is 11.7. The van der Waals surface area contributed by atoms with Gasteiger partial charge in [0.1, 0.15) is 23.2 Å². The van der Waals surface area contributed by atoms with Crippen molar-refractivity contribution in [2.75, 3.05) is 6.61 Å². The lowest BCUT2D eigenvalue weighted by atomic mass is 10.1. The van der Waals surface area contributed by atoms with E-state index in [2.05, 4.69) is 29.1 Å². The van der Waals surface area contributed by atoms with Crippen LogP contribution in [0.25, 0.3) is 11.0 Å². The molecule has 0 spiro atoms. The molecule has 0 atom stereocenters. The number of fused-ring (bicyclic) bond motifs is 1. The number of aliphatic hydroxyl groups is 1. The van der Waals surface area contributed by atoms with Crippen molar-refractivity contribution in [2.45, 2.75) is 46.2 Å². The highest BCUT2D eigenvalue weighted by atomic mass is 16.5. The Morgan fingerprint density at radius 1 is 1.33 bits per heavy atom. The van der Waals surface area contributed by atoms with Gasteiger partial charge in [-0.3, -0.25) is 9.36 Å². The van der Waals surface area contributed by atoms with E-state index < -0.39 is 0 Å². The monoisotopic (exact) mass is 331 g/mol. The van der Waals surface area contributed by atoms with Crippen LogP contribution in [0.5, 0.6) is 0 Å². The van der Waals surface area contributed by atoms with Crippen LogP contribution < -0.4 is 5.56 Å². The van der Waals surface area contributed by atoms with E-state index >= 15 is 0 Å². The number of rotatable bonds is 7. The molecular formula is C16H21N5O3. The molecule has 128 valence electrons. The fourth-order valence-electron chi connectivity index (χ4n) is 2.86. The zero-order valence-corrected chi connectivity index (χ0v) is 13.9. The summed E-state index contributed by atoms with van der Waals surface area (Å²) in [6.45, 7) is 4.72. The zero-order valence-electron chi connectivity index (χ0n) is 13.9.